The number of aromatic nitrogens is 3. The molecule has 0 saturated heterocycles. The number of oxazole rings is 1. The Morgan fingerprint density at radius 3 is 2.85 bits per heavy atom. The molecule has 2 aromatic heterocycles. The van der Waals surface area contributed by atoms with Crippen LogP contribution in [0.4, 0.5) is 0 Å². The van der Waals surface area contributed by atoms with Crippen molar-refractivity contribution in [3.05, 3.63) is 66.4 Å². The Kier molecular flexibility index (Phi) is 4.18. The van der Waals surface area contributed by atoms with Gasteiger partial charge in [-0.05, 0) is 31.2 Å². The number of benzene rings is 2. The van der Waals surface area contributed by atoms with Gasteiger partial charge in [0.1, 0.15) is 24.2 Å². The van der Waals surface area contributed by atoms with Crippen LogP contribution < -0.4 is 4.74 Å². The summed E-state index contributed by atoms with van der Waals surface area (Å²) in [5, 5.41) is 10.1. The van der Waals surface area contributed by atoms with Gasteiger partial charge < -0.3 is 18.8 Å². The molecule has 26 heavy (non-hydrogen) atoms. The van der Waals surface area contributed by atoms with Crippen LogP contribution in [0.25, 0.3) is 22.4 Å². The third-order valence-corrected chi connectivity index (χ3v) is 4.26. The maximum atomic E-state index is 10.1. The van der Waals surface area contributed by atoms with E-state index in [-0.39, 0.29) is 0 Å². The van der Waals surface area contributed by atoms with Crippen molar-refractivity contribution in [1.82, 2.24) is 14.5 Å². The fourth-order valence-corrected chi connectivity index (χ4v) is 3.01. The monoisotopic (exact) mass is 349 g/mol. The molecule has 0 unspecified atom stereocenters. The highest BCUT2D eigenvalue weighted by atomic mass is 16.5. The van der Waals surface area contributed by atoms with Crippen molar-refractivity contribution in [2.75, 3.05) is 7.11 Å². The molecule has 0 aliphatic carbocycles. The van der Waals surface area contributed by atoms with Crippen LogP contribution in [0.2, 0.25) is 0 Å². The average molecular weight is 349 g/mol. The molecule has 0 aliphatic rings. The number of rotatable bonds is 5. The van der Waals surface area contributed by atoms with Gasteiger partial charge in [0.05, 0.1) is 24.3 Å². The van der Waals surface area contributed by atoms with Crippen LogP contribution in [0.1, 0.15) is 24.7 Å². The SMILES string of the molecule is COc1cccc(-c2cnc(Cn3c([C@@H](C)O)nc4ccccc43)o2)c1. The van der Waals surface area contributed by atoms with Crippen LogP contribution in [-0.2, 0) is 6.54 Å². The van der Waals surface area contributed by atoms with Gasteiger partial charge in [-0.2, -0.15) is 0 Å². The molecule has 0 fully saturated rings. The van der Waals surface area contributed by atoms with E-state index in [2.05, 4.69) is 9.97 Å². The molecule has 4 aromatic rings. The van der Waals surface area contributed by atoms with E-state index in [4.69, 9.17) is 9.15 Å². The van der Waals surface area contributed by atoms with Crippen molar-refractivity contribution in [3.8, 4) is 17.1 Å². The molecule has 6 nitrogen and oxygen atoms in total. The highest BCUT2D eigenvalue weighted by molar-refractivity contribution is 5.76. The van der Waals surface area contributed by atoms with Gasteiger partial charge in [-0.1, -0.05) is 24.3 Å². The number of aliphatic hydroxyl groups is 1. The Labute approximate surface area is 150 Å². The van der Waals surface area contributed by atoms with Gasteiger partial charge in [0, 0.05) is 5.56 Å². The number of ether oxygens (including phenoxy) is 1. The van der Waals surface area contributed by atoms with E-state index in [9.17, 15) is 5.11 Å². The molecule has 2 heterocycles. The van der Waals surface area contributed by atoms with E-state index < -0.39 is 6.10 Å². The van der Waals surface area contributed by atoms with E-state index in [1.807, 2.05) is 53.1 Å². The zero-order valence-corrected chi connectivity index (χ0v) is 14.6. The molecule has 6 heteroatoms. The Balaban J connectivity index is 1.69. The number of fused-ring (bicyclic) bond motifs is 1. The minimum absolute atomic E-state index is 0.394. The van der Waals surface area contributed by atoms with E-state index in [1.165, 1.54) is 0 Å². The fourth-order valence-electron chi connectivity index (χ4n) is 3.01. The minimum Gasteiger partial charge on any atom is -0.497 e. The summed E-state index contributed by atoms with van der Waals surface area (Å²) in [4.78, 5) is 8.92. The lowest BCUT2D eigenvalue weighted by Crippen LogP contribution is -2.08. The first-order valence-corrected chi connectivity index (χ1v) is 8.38. The first-order chi connectivity index (χ1) is 12.7. The van der Waals surface area contributed by atoms with Crippen LogP contribution in [0.15, 0.2) is 59.1 Å². The number of hydrogen-bond acceptors (Lipinski definition) is 5. The third-order valence-electron chi connectivity index (χ3n) is 4.26. The summed E-state index contributed by atoms with van der Waals surface area (Å²) >= 11 is 0. The second kappa shape index (κ2) is 6.65. The second-order valence-corrected chi connectivity index (χ2v) is 6.07. The zero-order chi connectivity index (χ0) is 18.1. The highest BCUT2D eigenvalue weighted by Crippen LogP contribution is 2.26. The van der Waals surface area contributed by atoms with Crippen LogP contribution in [-0.4, -0.2) is 26.8 Å². The molecule has 0 aliphatic heterocycles. The summed E-state index contributed by atoms with van der Waals surface area (Å²) in [7, 11) is 1.63. The van der Waals surface area contributed by atoms with Gasteiger partial charge >= 0.3 is 0 Å². The molecule has 0 spiro atoms. The zero-order valence-electron chi connectivity index (χ0n) is 14.6. The number of methoxy groups -OCH3 is 1. The Morgan fingerprint density at radius 2 is 2.04 bits per heavy atom. The van der Waals surface area contributed by atoms with Crippen molar-refractivity contribution < 1.29 is 14.3 Å². The first kappa shape index (κ1) is 16.4. The molecule has 132 valence electrons. The van der Waals surface area contributed by atoms with E-state index in [0.717, 1.165) is 22.3 Å². The smallest absolute Gasteiger partial charge is 0.214 e. The lowest BCUT2D eigenvalue weighted by molar-refractivity contribution is 0.184. The topological polar surface area (TPSA) is 73.3 Å². The quantitative estimate of drug-likeness (QED) is 0.593. The van der Waals surface area contributed by atoms with Crippen LogP contribution in [0.3, 0.4) is 0 Å². The molecular formula is C20H19N3O3. The number of imidazole rings is 1. The molecule has 0 bridgehead atoms. The summed E-state index contributed by atoms with van der Waals surface area (Å²) in [6, 6.07) is 15.4. The molecule has 0 radical (unpaired) electrons. The molecular weight excluding hydrogens is 330 g/mol. The van der Waals surface area contributed by atoms with Gasteiger partial charge in [-0.3, -0.25) is 0 Å². The van der Waals surface area contributed by atoms with Crippen molar-refractivity contribution in [1.29, 1.82) is 0 Å². The van der Waals surface area contributed by atoms with Gasteiger partial charge in [-0.15, -0.1) is 0 Å². The van der Waals surface area contributed by atoms with Crippen LogP contribution in [0.5, 0.6) is 5.75 Å². The van der Waals surface area contributed by atoms with Crippen molar-refractivity contribution in [3.63, 3.8) is 0 Å². The predicted molar refractivity (Wildman–Crippen MR) is 98.0 cm³/mol. The second-order valence-electron chi connectivity index (χ2n) is 6.07. The number of nitrogens with zero attached hydrogens (tertiary/aromatic N) is 3. The molecule has 0 saturated carbocycles. The van der Waals surface area contributed by atoms with Gasteiger partial charge in [-0.25, -0.2) is 9.97 Å². The Hall–Kier alpha value is -3.12. The minimum atomic E-state index is -0.685. The van der Waals surface area contributed by atoms with E-state index in [1.54, 1.807) is 20.2 Å². The number of para-hydroxylation sites is 2. The van der Waals surface area contributed by atoms with E-state index >= 15 is 0 Å². The number of hydrogen-bond donors (Lipinski definition) is 1. The third kappa shape index (κ3) is 2.95. The largest absolute Gasteiger partial charge is 0.497 e. The van der Waals surface area contributed by atoms with Crippen LogP contribution >= 0.6 is 0 Å². The Morgan fingerprint density at radius 1 is 1.19 bits per heavy atom. The van der Waals surface area contributed by atoms with Crippen molar-refractivity contribution >= 4 is 11.0 Å². The molecule has 1 N–H and O–H groups in total. The molecule has 0 amide bonds. The summed E-state index contributed by atoms with van der Waals surface area (Å²) in [5.41, 5.74) is 2.67. The van der Waals surface area contributed by atoms with Crippen molar-refractivity contribution in [2.24, 2.45) is 0 Å². The molecule has 1 atom stereocenters. The standard InChI is InChI=1S/C20H19N3O3/c1-13(24)20-22-16-8-3-4-9-17(16)23(20)12-19-21-11-18(26-19)14-6-5-7-15(10-14)25-2/h3-11,13,24H,12H2,1-2H3/t13-/m1/s1. The van der Waals surface area contributed by atoms with Gasteiger partial charge in [0.2, 0.25) is 5.89 Å². The number of aliphatic hydroxyl groups excluding tert-OH is 1. The highest BCUT2D eigenvalue weighted by Gasteiger charge is 2.17. The normalized spacial score (nSPS) is 12.4. The van der Waals surface area contributed by atoms with Crippen molar-refractivity contribution in [2.45, 2.75) is 19.6 Å². The summed E-state index contributed by atoms with van der Waals surface area (Å²) in [5.74, 6) is 2.57. The molecule has 4 rings (SSSR count). The summed E-state index contributed by atoms with van der Waals surface area (Å²) < 4.78 is 13.1. The lowest BCUT2D eigenvalue weighted by Gasteiger charge is -2.08. The van der Waals surface area contributed by atoms with Gasteiger partial charge in [0.25, 0.3) is 0 Å². The maximum absolute atomic E-state index is 10.1. The van der Waals surface area contributed by atoms with E-state index in [0.29, 0.717) is 24.0 Å². The maximum Gasteiger partial charge on any atom is 0.214 e. The predicted octanol–water partition coefficient (Wildman–Crippen LogP) is 3.80. The van der Waals surface area contributed by atoms with Crippen LogP contribution in [0, 0.1) is 0 Å². The fraction of sp³-hybridized carbons (Fsp3) is 0.200. The summed E-state index contributed by atoms with van der Waals surface area (Å²) in [6.07, 6.45) is 1.01. The van der Waals surface area contributed by atoms with Gasteiger partial charge in [0.15, 0.2) is 5.76 Å². The lowest BCUT2D eigenvalue weighted by atomic mass is 10.2. The first-order valence-electron chi connectivity index (χ1n) is 8.38. The molecule has 2 aromatic carbocycles. The Bertz CT molecular complexity index is 1050. The average Bonchev–Trinajstić information content (AvgIpc) is 3.27. The summed E-state index contributed by atoms with van der Waals surface area (Å²) in [6.45, 7) is 2.10.